The van der Waals surface area contributed by atoms with Gasteiger partial charge in [-0.15, -0.1) is 0 Å². The highest BCUT2D eigenvalue weighted by molar-refractivity contribution is 6.42. The Kier molecular flexibility index (Phi) is 4.80. The number of nitrogens with zero attached hydrogens (tertiary/aromatic N) is 3. The lowest BCUT2D eigenvalue weighted by Gasteiger charge is -2.15. The second-order valence-corrected chi connectivity index (χ2v) is 5.19. The Morgan fingerprint density at radius 2 is 2.16 bits per heavy atom. The number of aryl methyl sites for hydroxylation is 1. The summed E-state index contributed by atoms with van der Waals surface area (Å²) >= 11 is 12.2. The van der Waals surface area contributed by atoms with E-state index in [0.29, 0.717) is 10.0 Å². The normalized spacial score (nSPS) is 12.6. The third kappa shape index (κ3) is 3.69. The van der Waals surface area contributed by atoms with Gasteiger partial charge in [-0.05, 0) is 18.6 Å². The fourth-order valence-corrected chi connectivity index (χ4v) is 2.34. The van der Waals surface area contributed by atoms with E-state index in [1.807, 2.05) is 19.2 Å². The lowest BCUT2D eigenvalue weighted by molar-refractivity contribution is 0.568. The third-order valence-corrected chi connectivity index (χ3v) is 3.73. The van der Waals surface area contributed by atoms with Crippen LogP contribution in [-0.4, -0.2) is 21.3 Å². The van der Waals surface area contributed by atoms with E-state index in [-0.39, 0.29) is 6.04 Å². The van der Waals surface area contributed by atoms with Gasteiger partial charge in [-0.1, -0.05) is 35.3 Å². The van der Waals surface area contributed by atoms with Crippen molar-refractivity contribution < 1.29 is 0 Å². The Bertz CT molecular complexity index is 553. The molecule has 0 spiro atoms. The van der Waals surface area contributed by atoms with Gasteiger partial charge in [-0.25, -0.2) is 4.98 Å². The van der Waals surface area contributed by atoms with Gasteiger partial charge in [0.1, 0.15) is 6.33 Å². The zero-order valence-corrected chi connectivity index (χ0v) is 12.4. The summed E-state index contributed by atoms with van der Waals surface area (Å²) in [4.78, 5) is 4.18. The first kappa shape index (κ1) is 14.3. The summed E-state index contributed by atoms with van der Waals surface area (Å²) in [6.45, 7) is 2.84. The number of hydrogen-bond donors (Lipinski definition) is 1. The number of rotatable bonds is 5. The van der Waals surface area contributed by atoms with E-state index in [0.717, 1.165) is 24.4 Å². The lowest BCUT2D eigenvalue weighted by Crippen LogP contribution is -2.22. The topological polar surface area (TPSA) is 42.7 Å². The molecule has 4 nitrogen and oxygen atoms in total. The molecule has 102 valence electrons. The van der Waals surface area contributed by atoms with Gasteiger partial charge in [-0.3, -0.25) is 4.68 Å². The van der Waals surface area contributed by atoms with E-state index < -0.39 is 0 Å². The van der Waals surface area contributed by atoms with Gasteiger partial charge in [-0.2, -0.15) is 5.10 Å². The Labute approximate surface area is 122 Å². The SMILES string of the molecule is CC(NCCc1ncn(C)n1)c1cccc(Cl)c1Cl. The maximum absolute atomic E-state index is 6.19. The van der Waals surface area contributed by atoms with E-state index in [4.69, 9.17) is 23.2 Å². The molecule has 6 heteroatoms. The van der Waals surface area contributed by atoms with Crippen molar-refractivity contribution in [2.75, 3.05) is 6.54 Å². The molecule has 1 N–H and O–H groups in total. The highest BCUT2D eigenvalue weighted by Crippen LogP contribution is 2.29. The van der Waals surface area contributed by atoms with Crippen LogP contribution in [0.3, 0.4) is 0 Å². The quantitative estimate of drug-likeness (QED) is 0.923. The Hall–Kier alpha value is -1.10. The molecule has 2 rings (SSSR count). The molecular formula is C13H16Cl2N4. The predicted molar refractivity (Wildman–Crippen MR) is 77.6 cm³/mol. The molecule has 0 radical (unpaired) electrons. The fraction of sp³-hybridized carbons (Fsp3) is 0.385. The fourth-order valence-electron chi connectivity index (χ4n) is 1.86. The Morgan fingerprint density at radius 1 is 1.37 bits per heavy atom. The summed E-state index contributed by atoms with van der Waals surface area (Å²) in [5.74, 6) is 0.833. The molecule has 2 aromatic rings. The van der Waals surface area contributed by atoms with E-state index in [9.17, 15) is 0 Å². The van der Waals surface area contributed by atoms with Gasteiger partial charge in [0.05, 0.1) is 10.0 Å². The zero-order valence-electron chi connectivity index (χ0n) is 10.9. The molecule has 0 saturated heterocycles. The average Bonchev–Trinajstić information content (AvgIpc) is 2.78. The molecule has 19 heavy (non-hydrogen) atoms. The van der Waals surface area contributed by atoms with Crippen LogP contribution in [0.4, 0.5) is 0 Å². The smallest absolute Gasteiger partial charge is 0.151 e. The molecular weight excluding hydrogens is 283 g/mol. The largest absolute Gasteiger partial charge is 0.310 e. The van der Waals surface area contributed by atoms with Crippen molar-refractivity contribution in [3.8, 4) is 0 Å². The summed E-state index contributed by atoms with van der Waals surface area (Å²) in [6, 6.07) is 5.81. The van der Waals surface area contributed by atoms with Crippen molar-refractivity contribution in [1.29, 1.82) is 0 Å². The molecule has 1 aromatic heterocycles. The van der Waals surface area contributed by atoms with E-state index >= 15 is 0 Å². The zero-order chi connectivity index (χ0) is 13.8. The summed E-state index contributed by atoms with van der Waals surface area (Å²) in [7, 11) is 1.86. The van der Waals surface area contributed by atoms with Gasteiger partial charge in [0.2, 0.25) is 0 Å². The predicted octanol–water partition coefficient (Wildman–Crippen LogP) is 3.02. The molecule has 0 amide bonds. The summed E-state index contributed by atoms with van der Waals surface area (Å²) in [5.41, 5.74) is 1.00. The molecule has 1 heterocycles. The molecule has 0 saturated carbocycles. The van der Waals surface area contributed by atoms with Crippen LogP contribution >= 0.6 is 23.2 Å². The summed E-state index contributed by atoms with van der Waals surface area (Å²) < 4.78 is 1.70. The number of halogens is 2. The second-order valence-electron chi connectivity index (χ2n) is 4.40. The summed E-state index contributed by atoms with van der Waals surface area (Å²) in [5, 5.41) is 8.82. The molecule has 0 bridgehead atoms. The Morgan fingerprint density at radius 3 is 2.84 bits per heavy atom. The van der Waals surface area contributed by atoms with Crippen LogP contribution in [0.15, 0.2) is 24.5 Å². The highest BCUT2D eigenvalue weighted by atomic mass is 35.5. The number of benzene rings is 1. The number of hydrogen-bond acceptors (Lipinski definition) is 3. The molecule has 1 aromatic carbocycles. The minimum Gasteiger partial charge on any atom is -0.310 e. The maximum atomic E-state index is 6.19. The van der Waals surface area contributed by atoms with Crippen molar-refractivity contribution >= 4 is 23.2 Å². The molecule has 0 aliphatic heterocycles. The van der Waals surface area contributed by atoms with Crippen molar-refractivity contribution in [3.63, 3.8) is 0 Å². The number of aromatic nitrogens is 3. The first-order valence-corrected chi connectivity index (χ1v) is 6.85. The van der Waals surface area contributed by atoms with Crippen LogP contribution < -0.4 is 5.32 Å². The standard InChI is InChI=1S/C13H16Cl2N4/c1-9(10-4-3-5-11(14)13(10)15)16-7-6-12-17-8-19(2)18-12/h3-5,8-9,16H,6-7H2,1-2H3. The van der Waals surface area contributed by atoms with E-state index in [1.165, 1.54) is 0 Å². The monoisotopic (exact) mass is 298 g/mol. The average molecular weight is 299 g/mol. The molecule has 1 unspecified atom stereocenters. The van der Waals surface area contributed by atoms with Gasteiger partial charge >= 0.3 is 0 Å². The van der Waals surface area contributed by atoms with Crippen LogP contribution in [0, 0.1) is 0 Å². The maximum Gasteiger partial charge on any atom is 0.151 e. The van der Waals surface area contributed by atoms with Crippen LogP contribution in [-0.2, 0) is 13.5 Å². The minimum atomic E-state index is 0.134. The Balaban J connectivity index is 1.90. The first-order chi connectivity index (χ1) is 9.08. The first-order valence-electron chi connectivity index (χ1n) is 6.09. The van der Waals surface area contributed by atoms with Crippen molar-refractivity contribution in [2.45, 2.75) is 19.4 Å². The molecule has 1 atom stereocenters. The molecule has 0 aliphatic carbocycles. The van der Waals surface area contributed by atoms with Crippen LogP contribution in [0.25, 0.3) is 0 Å². The molecule has 0 fully saturated rings. The van der Waals surface area contributed by atoms with Crippen molar-refractivity contribution in [2.24, 2.45) is 7.05 Å². The van der Waals surface area contributed by atoms with Crippen LogP contribution in [0.5, 0.6) is 0 Å². The van der Waals surface area contributed by atoms with E-state index in [1.54, 1.807) is 17.1 Å². The van der Waals surface area contributed by atoms with Crippen molar-refractivity contribution in [3.05, 3.63) is 46.0 Å². The summed E-state index contributed by atoms with van der Waals surface area (Å²) in [6.07, 6.45) is 2.48. The van der Waals surface area contributed by atoms with Crippen molar-refractivity contribution in [1.82, 2.24) is 20.1 Å². The van der Waals surface area contributed by atoms with Gasteiger partial charge in [0.25, 0.3) is 0 Å². The molecule has 0 aliphatic rings. The van der Waals surface area contributed by atoms with Crippen LogP contribution in [0.2, 0.25) is 10.0 Å². The minimum absolute atomic E-state index is 0.134. The van der Waals surface area contributed by atoms with Gasteiger partial charge in [0, 0.05) is 26.1 Å². The van der Waals surface area contributed by atoms with Crippen LogP contribution in [0.1, 0.15) is 24.4 Å². The third-order valence-electron chi connectivity index (χ3n) is 2.89. The highest BCUT2D eigenvalue weighted by Gasteiger charge is 2.11. The lowest BCUT2D eigenvalue weighted by atomic mass is 10.1. The van der Waals surface area contributed by atoms with Gasteiger partial charge < -0.3 is 5.32 Å². The van der Waals surface area contributed by atoms with Gasteiger partial charge in [0.15, 0.2) is 5.82 Å². The second kappa shape index (κ2) is 6.37. The van der Waals surface area contributed by atoms with E-state index in [2.05, 4.69) is 22.3 Å². The number of nitrogens with one attached hydrogen (secondary N) is 1.